The topological polar surface area (TPSA) is 127 Å². The fourth-order valence-corrected chi connectivity index (χ4v) is 8.68. The highest BCUT2D eigenvalue weighted by atomic mass is 79.9. The number of nitro groups is 1. The molecule has 1 aliphatic heterocycles. The molecule has 0 unspecified atom stereocenters. The number of alkyl halides is 2. The van der Waals surface area contributed by atoms with Crippen LogP contribution >= 0.6 is 55.1 Å². The number of carbonyl (C=O) groups is 4. The molecule has 3 aromatic carbocycles. The van der Waals surface area contributed by atoms with E-state index in [1.807, 2.05) is 0 Å². The van der Waals surface area contributed by atoms with Crippen LogP contribution in [0.15, 0.2) is 66.7 Å². The van der Waals surface area contributed by atoms with Crippen LogP contribution in [0, 0.1) is 33.8 Å². The van der Waals surface area contributed by atoms with E-state index < -0.39 is 46.8 Å². The molecule has 3 amide bonds. The summed E-state index contributed by atoms with van der Waals surface area (Å²) in [6.07, 6.45) is 0.705. The van der Waals surface area contributed by atoms with Crippen LogP contribution in [0.5, 0.6) is 11.5 Å². The number of ether oxygens (including phenoxy) is 1. The minimum atomic E-state index is -0.794. The van der Waals surface area contributed by atoms with E-state index in [0.29, 0.717) is 17.9 Å². The number of nitrogens with zero attached hydrogens (tertiary/aromatic N) is 3. The van der Waals surface area contributed by atoms with Crippen molar-refractivity contribution in [1.29, 1.82) is 0 Å². The molecule has 2 saturated carbocycles. The van der Waals surface area contributed by atoms with Gasteiger partial charge in [-0.05, 0) is 72.9 Å². The van der Waals surface area contributed by atoms with Crippen molar-refractivity contribution >= 4 is 84.3 Å². The third-order valence-corrected chi connectivity index (χ3v) is 12.1. The van der Waals surface area contributed by atoms with Crippen molar-refractivity contribution in [1.82, 2.24) is 10.0 Å². The van der Waals surface area contributed by atoms with Crippen LogP contribution in [0.25, 0.3) is 0 Å². The number of nitro benzene ring substituents is 1. The largest absolute Gasteiger partial charge is 0.457 e. The Morgan fingerprint density at radius 1 is 0.909 bits per heavy atom. The van der Waals surface area contributed by atoms with E-state index in [1.54, 1.807) is 0 Å². The molecule has 6 rings (SSSR count). The minimum Gasteiger partial charge on any atom is -0.457 e. The lowest BCUT2D eigenvalue weighted by atomic mass is 9.81. The average Bonchev–Trinajstić information content (AvgIpc) is 3.61. The smallest absolute Gasteiger partial charge is 0.274 e. The summed E-state index contributed by atoms with van der Waals surface area (Å²) in [4.78, 5) is 65.4. The van der Waals surface area contributed by atoms with Crippen LogP contribution in [-0.2, 0) is 9.59 Å². The number of ketones is 1. The van der Waals surface area contributed by atoms with Crippen LogP contribution in [0.3, 0.4) is 0 Å². The number of carbonyl (C=O) groups excluding carboxylic acids is 4. The number of amides is 3. The number of non-ortho nitro benzene ring substituents is 1. The summed E-state index contributed by atoms with van der Waals surface area (Å²) in [5.74, 6) is -3.05. The van der Waals surface area contributed by atoms with E-state index in [0.717, 1.165) is 10.0 Å². The molecule has 3 aromatic rings. The monoisotopic (exact) mass is 763 g/mol. The Kier molecular flexibility index (Phi) is 8.29. The molecule has 2 aliphatic carbocycles. The Bertz CT molecular complexity index is 1670. The molecule has 14 heteroatoms. The summed E-state index contributed by atoms with van der Waals surface area (Å²) < 4.78 is 5.71. The van der Waals surface area contributed by atoms with E-state index in [2.05, 4.69) is 31.9 Å². The molecule has 1 saturated heterocycles. The number of rotatable bonds is 8. The number of hydrazine groups is 1. The first-order valence-corrected chi connectivity index (χ1v) is 16.0. The van der Waals surface area contributed by atoms with Gasteiger partial charge in [0.05, 0.1) is 27.3 Å². The van der Waals surface area contributed by atoms with Gasteiger partial charge in [-0.15, -0.1) is 0 Å². The van der Waals surface area contributed by atoms with E-state index in [1.165, 1.54) is 66.7 Å². The Morgan fingerprint density at radius 3 is 1.98 bits per heavy atom. The first-order chi connectivity index (χ1) is 21.0. The first kappa shape index (κ1) is 30.7. The lowest BCUT2D eigenvalue weighted by molar-refractivity contribution is -0.384. The van der Waals surface area contributed by atoms with Gasteiger partial charge >= 0.3 is 0 Å². The van der Waals surface area contributed by atoms with Crippen LogP contribution in [0.4, 0.5) is 5.69 Å². The summed E-state index contributed by atoms with van der Waals surface area (Å²) in [6, 6.07) is 15.7. The zero-order chi connectivity index (χ0) is 31.4. The van der Waals surface area contributed by atoms with Gasteiger partial charge in [-0.3, -0.25) is 29.3 Å². The SMILES string of the molecule is O=C(CN(C(=O)c1ccc(Cl)cc1Cl)N1C(=O)[C@@H]2[C@H]3C[C@@H]([C@H](Br)[C@@H]3Br)[C@@H]2C1=O)c1ccc(Oc2ccc([N+](=O)[O-])cc2)cc1. The quantitative estimate of drug-likeness (QED) is 0.0820. The van der Waals surface area contributed by atoms with E-state index in [-0.39, 0.29) is 48.3 Å². The van der Waals surface area contributed by atoms with Gasteiger partial charge < -0.3 is 4.74 Å². The van der Waals surface area contributed by atoms with Gasteiger partial charge in [0.15, 0.2) is 5.78 Å². The maximum atomic E-state index is 13.9. The third kappa shape index (κ3) is 5.31. The van der Waals surface area contributed by atoms with Crippen LogP contribution in [0.1, 0.15) is 27.1 Å². The van der Waals surface area contributed by atoms with Crippen molar-refractivity contribution in [3.05, 3.63) is 98.0 Å². The minimum absolute atomic E-state index is 0.00585. The molecule has 0 radical (unpaired) electrons. The predicted octanol–water partition coefficient (Wildman–Crippen LogP) is 6.71. The van der Waals surface area contributed by atoms with Crippen molar-refractivity contribution in [2.75, 3.05) is 6.54 Å². The van der Waals surface area contributed by atoms with Crippen molar-refractivity contribution in [2.45, 2.75) is 16.1 Å². The number of benzene rings is 3. The molecule has 1 heterocycles. The third-order valence-electron chi connectivity index (χ3n) is 8.35. The molecule has 6 atom stereocenters. The Hall–Kier alpha value is -3.32. The molecule has 0 spiro atoms. The van der Waals surface area contributed by atoms with Crippen LogP contribution in [-0.4, -0.2) is 54.6 Å². The highest BCUT2D eigenvalue weighted by Gasteiger charge is 2.67. The molecule has 44 heavy (non-hydrogen) atoms. The maximum Gasteiger partial charge on any atom is 0.274 e. The average molecular weight is 766 g/mol. The van der Waals surface area contributed by atoms with Crippen molar-refractivity contribution < 1.29 is 28.8 Å². The van der Waals surface area contributed by atoms with Crippen molar-refractivity contribution in [2.24, 2.45) is 23.7 Å². The normalized spacial score (nSPS) is 25.2. The number of hydrogen-bond donors (Lipinski definition) is 0. The maximum absolute atomic E-state index is 13.9. The highest BCUT2D eigenvalue weighted by molar-refractivity contribution is 9.12. The second-order valence-corrected chi connectivity index (χ2v) is 13.7. The summed E-state index contributed by atoms with van der Waals surface area (Å²) in [5.41, 5.74) is 0.0945. The lowest BCUT2D eigenvalue weighted by Gasteiger charge is -2.31. The molecular weight excluding hydrogens is 745 g/mol. The second-order valence-electron chi connectivity index (χ2n) is 10.8. The van der Waals surface area contributed by atoms with Gasteiger partial charge in [0.1, 0.15) is 18.0 Å². The molecule has 3 fully saturated rings. The predicted molar refractivity (Wildman–Crippen MR) is 167 cm³/mol. The summed E-state index contributed by atoms with van der Waals surface area (Å²) in [6.45, 7) is -0.609. The van der Waals surface area contributed by atoms with Gasteiger partial charge in [-0.2, -0.15) is 5.01 Å². The number of hydrogen-bond acceptors (Lipinski definition) is 7. The van der Waals surface area contributed by atoms with Gasteiger partial charge in [-0.1, -0.05) is 55.1 Å². The molecule has 3 aliphatic rings. The number of Topliss-reactive ketones (excluding diaryl/α,β-unsaturated/α-hetero) is 1. The van der Waals surface area contributed by atoms with E-state index in [9.17, 15) is 29.3 Å². The van der Waals surface area contributed by atoms with Gasteiger partial charge in [0.25, 0.3) is 23.4 Å². The molecule has 226 valence electrons. The summed E-state index contributed by atoms with van der Waals surface area (Å²) in [5, 5.41) is 12.9. The first-order valence-electron chi connectivity index (χ1n) is 13.4. The summed E-state index contributed by atoms with van der Waals surface area (Å²) in [7, 11) is 0. The Balaban J connectivity index is 1.26. The molecular formula is C30H21Br2Cl2N3O7. The lowest BCUT2D eigenvalue weighted by Crippen LogP contribution is -2.52. The molecule has 2 bridgehead atoms. The van der Waals surface area contributed by atoms with Gasteiger partial charge in [0.2, 0.25) is 0 Å². The fraction of sp³-hybridized carbons (Fsp3) is 0.267. The fourth-order valence-electron chi connectivity index (χ4n) is 6.31. The number of imide groups is 1. The van der Waals surface area contributed by atoms with Crippen molar-refractivity contribution in [3.63, 3.8) is 0 Å². The Labute approximate surface area is 277 Å². The zero-order valence-electron chi connectivity index (χ0n) is 22.4. The van der Waals surface area contributed by atoms with Crippen LogP contribution < -0.4 is 4.74 Å². The number of fused-ring (bicyclic) bond motifs is 5. The zero-order valence-corrected chi connectivity index (χ0v) is 27.1. The Morgan fingerprint density at radius 2 is 1.45 bits per heavy atom. The van der Waals surface area contributed by atoms with Gasteiger partial charge in [0, 0.05) is 32.4 Å². The number of halogens is 4. The van der Waals surface area contributed by atoms with E-state index in [4.69, 9.17) is 27.9 Å². The summed E-state index contributed by atoms with van der Waals surface area (Å²) >= 11 is 19.7. The van der Waals surface area contributed by atoms with E-state index >= 15 is 0 Å². The molecule has 0 N–H and O–H groups in total. The standard InChI is InChI=1S/C30H21Br2Cl2N3O7/c31-26-20-12-21(27(26)32)25-24(20)29(40)36(30(25)41)35(28(39)19-10-3-15(33)11-22(19)34)13-23(38)14-1-6-17(7-2-14)44-18-8-4-16(5-9-18)37(42)43/h1-11,20-21,24-27H,12-13H2/t20-,21-,24-,25+,26-,27+/m1/s1. The molecule has 0 aromatic heterocycles. The second kappa shape index (κ2) is 11.9. The van der Waals surface area contributed by atoms with Gasteiger partial charge in [-0.25, -0.2) is 5.01 Å². The van der Waals surface area contributed by atoms with Crippen LogP contribution in [0.2, 0.25) is 10.0 Å². The molecule has 10 nitrogen and oxygen atoms in total. The highest BCUT2D eigenvalue weighted by Crippen LogP contribution is 2.60. The van der Waals surface area contributed by atoms with Crippen molar-refractivity contribution in [3.8, 4) is 11.5 Å².